The highest BCUT2D eigenvalue weighted by Crippen LogP contribution is 2.24. The van der Waals surface area contributed by atoms with Crippen LogP contribution in [0.5, 0.6) is 11.6 Å². The van der Waals surface area contributed by atoms with Crippen molar-refractivity contribution in [2.45, 2.75) is 20.1 Å². The van der Waals surface area contributed by atoms with Gasteiger partial charge in [-0.15, -0.1) is 0 Å². The van der Waals surface area contributed by atoms with Crippen molar-refractivity contribution < 1.29 is 23.5 Å². The molecule has 4 heterocycles. The van der Waals surface area contributed by atoms with Gasteiger partial charge in [0.15, 0.2) is 5.82 Å². The number of fused-ring (bicyclic) bond motifs is 1. The number of H-pyrrole nitrogens is 1. The lowest BCUT2D eigenvalue weighted by atomic mass is 10.2. The van der Waals surface area contributed by atoms with Crippen LogP contribution in [0.1, 0.15) is 16.8 Å². The molecule has 0 amide bonds. The summed E-state index contributed by atoms with van der Waals surface area (Å²) in [5, 5.41) is 4.46. The Morgan fingerprint density at radius 3 is 2.65 bits per heavy atom. The fourth-order valence-corrected chi connectivity index (χ4v) is 3.22. The van der Waals surface area contributed by atoms with E-state index in [0.717, 1.165) is 16.6 Å². The summed E-state index contributed by atoms with van der Waals surface area (Å²) in [5.41, 5.74) is 3.02. The minimum atomic E-state index is -0.488. The Balaban J connectivity index is 0.000000970. The molecule has 0 aliphatic carbocycles. The molecule has 0 atom stereocenters. The summed E-state index contributed by atoms with van der Waals surface area (Å²) in [6.45, 7) is 6.23. The molecule has 0 aliphatic heterocycles. The third-order valence-corrected chi connectivity index (χ3v) is 4.81. The van der Waals surface area contributed by atoms with Gasteiger partial charge in [0.25, 0.3) is 0 Å². The summed E-state index contributed by atoms with van der Waals surface area (Å²) in [6, 6.07) is 5.14. The molecule has 0 aromatic carbocycles. The molecule has 2 N–H and O–H groups in total. The van der Waals surface area contributed by atoms with Crippen LogP contribution in [-0.4, -0.2) is 40.6 Å². The van der Waals surface area contributed by atoms with Crippen LogP contribution >= 0.6 is 11.6 Å². The summed E-state index contributed by atoms with van der Waals surface area (Å²) < 4.78 is 25.8. The Bertz CT molecular complexity index is 1240. The van der Waals surface area contributed by atoms with Crippen molar-refractivity contribution >= 4 is 41.9 Å². The summed E-state index contributed by atoms with van der Waals surface area (Å²) in [5.74, 6) is 0.477. The van der Waals surface area contributed by atoms with Crippen molar-refractivity contribution in [3.05, 3.63) is 70.6 Å². The molecule has 0 saturated carbocycles. The number of hydrogen-bond acceptors (Lipinski definition) is 8. The van der Waals surface area contributed by atoms with Gasteiger partial charge in [0.05, 0.1) is 24.0 Å². The molecule has 9 nitrogen and oxygen atoms in total. The van der Waals surface area contributed by atoms with Crippen molar-refractivity contribution in [3.63, 3.8) is 0 Å². The molecule has 0 aliphatic rings. The molecule has 11 heteroatoms. The van der Waals surface area contributed by atoms with Crippen LogP contribution in [0.25, 0.3) is 11.0 Å². The number of anilines is 1. The fraction of sp³-hybridized carbons (Fsp3) is 0.174. The zero-order chi connectivity index (χ0) is 25.1. The molecule has 178 valence electrons. The summed E-state index contributed by atoms with van der Waals surface area (Å²) in [6.07, 6.45) is 6.49. The van der Waals surface area contributed by atoms with Gasteiger partial charge in [-0.2, -0.15) is 0 Å². The number of pyridine rings is 3. The third-order valence-electron chi connectivity index (χ3n) is 4.60. The molecule has 4 rings (SSSR count). The number of nitrogens with zero attached hydrogens (tertiary/aromatic N) is 3. The highest BCUT2D eigenvalue weighted by molar-refractivity contribution is 6.30. The standard InChI is InChI=1S/C21H19ClFN5O2.2CH2O/c1-12-7-26-20-16(12)6-15(10-27-20)30-11-18-19(23)17(3-4-24-18)25-8-13-5-14(22)9-28-21(13)29-2;2*1-2/h3-7,9-10H,8,11H2,1-2H3,(H,24,25)(H,26,27);2*1H2. The van der Waals surface area contributed by atoms with E-state index in [2.05, 4.69) is 25.3 Å². The number of aromatic nitrogens is 4. The fourth-order valence-electron chi connectivity index (χ4n) is 3.04. The first-order valence-corrected chi connectivity index (χ1v) is 10.1. The van der Waals surface area contributed by atoms with Gasteiger partial charge in [-0.3, -0.25) is 4.98 Å². The number of methoxy groups -OCH3 is 1. The molecular formula is C23H23ClFN5O4. The first-order valence-electron chi connectivity index (χ1n) is 9.75. The van der Waals surface area contributed by atoms with E-state index in [-0.39, 0.29) is 18.8 Å². The first kappa shape index (κ1) is 26.2. The van der Waals surface area contributed by atoms with Gasteiger partial charge < -0.3 is 29.4 Å². The van der Waals surface area contributed by atoms with E-state index in [1.807, 2.05) is 32.8 Å². The molecule has 0 saturated heterocycles. The molecular weight excluding hydrogens is 465 g/mol. The number of aromatic amines is 1. The highest BCUT2D eigenvalue weighted by Gasteiger charge is 2.13. The smallest absolute Gasteiger partial charge is 0.218 e. The normalized spacial score (nSPS) is 9.88. The number of ether oxygens (including phenoxy) is 2. The Kier molecular flexibility index (Phi) is 9.90. The average Bonchev–Trinajstić information content (AvgIpc) is 3.25. The van der Waals surface area contributed by atoms with Crippen molar-refractivity contribution in [2.24, 2.45) is 0 Å². The van der Waals surface area contributed by atoms with Crippen LogP contribution in [-0.2, 0) is 22.7 Å². The lowest BCUT2D eigenvalue weighted by Crippen LogP contribution is -2.08. The second kappa shape index (κ2) is 12.9. The minimum Gasteiger partial charge on any atom is -0.486 e. The van der Waals surface area contributed by atoms with Crippen LogP contribution < -0.4 is 14.8 Å². The second-order valence-electron chi connectivity index (χ2n) is 6.62. The van der Waals surface area contributed by atoms with E-state index >= 15 is 0 Å². The average molecular weight is 488 g/mol. The Labute approximate surface area is 200 Å². The number of halogens is 2. The molecule has 0 radical (unpaired) electrons. The van der Waals surface area contributed by atoms with Crippen LogP contribution in [0.3, 0.4) is 0 Å². The molecule has 0 spiro atoms. The SMILES string of the molecule is C=O.C=O.COc1ncc(Cl)cc1CNc1ccnc(COc2cnc3[nH]cc(C)c3c2)c1F. The number of rotatable bonds is 7. The van der Waals surface area contributed by atoms with Crippen molar-refractivity contribution in [1.29, 1.82) is 0 Å². The first-order chi connectivity index (χ1) is 16.5. The highest BCUT2D eigenvalue weighted by atomic mass is 35.5. The molecule has 0 bridgehead atoms. The van der Waals surface area contributed by atoms with Crippen molar-refractivity contribution in [1.82, 2.24) is 19.9 Å². The predicted molar refractivity (Wildman–Crippen MR) is 127 cm³/mol. The van der Waals surface area contributed by atoms with E-state index in [9.17, 15) is 4.39 Å². The second-order valence-corrected chi connectivity index (χ2v) is 7.06. The monoisotopic (exact) mass is 487 g/mol. The number of aryl methyl sites for hydroxylation is 1. The Morgan fingerprint density at radius 2 is 1.91 bits per heavy atom. The maximum Gasteiger partial charge on any atom is 0.218 e. The maximum atomic E-state index is 14.9. The molecule has 34 heavy (non-hydrogen) atoms. The van der Waals surface area contributed by atoms with Gasteiger partial charge in [0, 0.05) is 36.1 Å². The van der Waals surface area contributed by atoms with E-state index in [4.69, 9.17) is 30.7 Å². The third kappa shape index (κ3) is 6.26. The molecule has 4 aromatic heterocycles. The quantitative estimate of drug-likeness (QED) is 0.396. The van der Waals surface area contributed by atoms with Gasteiger partial charge >= 0.3 is 0 Å². The van der Waals surface area contributed by atoms with Gasteiger partial charge in [-0.05, 0) is 30.7 Å². The maximum absolute atomic E-state index is 14.9. The molecule has 0 fully saturated rings. The van der Waals surface area contributed by atoms with Gasteiger partial charge in [0.2, 0.25) is 5.88 Å². The number of carbonyl (C=O) groups is 2. The minimum absolute atomic E-state index is 0.0277. The predicted octanol–water partition coefficient (Wildman–Crippen LogP) is 4.28. The van der Waals surface area contributed by atoms with Gasteiger partial charge in [0.1, 0.15) is 37.3 Å². The number of hydrogen-bond donors (Lipinski definition) is 2. The van der Waals surface area contributed by atoms with Crippen molar-refractivity contribution in [3.8, 4) is 11.6 Å². The van der Waals surface area contributed by atoms with Crippen LogP contribution in [0.15, 0.2) is 43.0 Å². The molecule has 0 unspecified atom stereocenters. The largest absolute Gasteiger partial charge is 0.486 e. The number of carbonyl (C=O) groups excluding carboxylic acids is 2. The lowest BCUT2D eigenvalue weighted by Gasteiger charge is -2.12. The van der Waals surface area contributed by atoms with Gasteiger partial charge in [-0.1, -0.05) is 11.6 Å². The summed E-state index contributed by atoms with van der Waals surface area (Å²) in [7, 11) is 1.52. The van der Waals surface area contributed by atoms with E-state index in [0.29, 0.717) is 27.9 Å². The van der Waals surface area contributed by atoms with Crippen molar-refractivity contribution in [2.75, 3.05) is 12.4 Å². The van der Waals surface area contributed by atoms with E-state index < -0.39 is 5.82 Å². The van der Waals surface area contributed by atoms with E-state index in [1.54, 1.807) is 18.3 Å². The van der Waals surface area contributed by atoms with Gasteiger partial charge in [-0.25, -0.2) is 14.4 Å². The summed E-state index contributed by atoms with van der Waals surface area (Å²) in [4.78, 5) is 31.6. The Morgan fingerprint density at radius 1 is 1.15 bits per heavy atom. The van der Waals surface area contributed by atoms with Crippen LogP contribution in [0.2, 0.25) is 5.02 Å². The number of nitrogens with one attached hydrogen (secondary N) is 2. The van der Waals surface area contributed by atoms with Crippen LogP contribution in [0.4, 0.5) is 10.1 Å². The zero-order valence-electron chi connectivity index (χ0n) is 18.6. The lowest BCUT2D eigenvalue weighted by molar-refractivity contribution is -0.0987. The zero-order valence-corrected chi connectivity index (χ0v) is 19.4. The topological polar surface area (TPSA) is 119 Å². The summed E-state index contributed by atoms with van der Waals surface area (Å²) >= 11 is 6.00. The molecule has 4 aromatic rings. The van der Waals surface area contributed by atoms with Crippen LogP contribution in [0, 0.1) is 12.7 Å². The van der Waals surface area contributed by atoms with E-state index in [1.165, 1.54) is 19.5 Å². The Hall–Kier alpha value is -4.05.